The number of nitrogens with one attached hydrogen (secondary N) is 1. The van der Waals surface area contributed by atoms with Gasteiger partial charge in [-0.05, 0) is 11.4 Å². The number of thiophene rings is 1. The molecular formula is C11H17NO4S. The predicted octanol–water partition coefficient (Wildman–Crippen LogP) is 1.47. The van der Waals surface area contributed by atoms with Crippen LogP contribution in [-0.4, -0.2) is 38.1 Å². The van der Waals surface area contributed by atoms with Crippen LogP contribution in [0.2, 0.25) is 0 Å². The van der Waals surface area contributed by atoms with Crippen molar-refractivity contribution in [1.29, 1.82) is 0 Å². The first-order chi connectivity index (χ1) is 8.17. The Labute approximate surface area is 104 Å². The highest BCUT2D eigenvalue weighted by Gasteiger charge is 2.17. The fourth-order valence-corrected chi connectivity index (χ4v) is 2.24. The molecule has 0 bridgehead atoms. The molecule has 1 aromatic rings. The van der Waals surface area contributed by atoms with E-state index in [4.69, 9.17) is 14.6 Å². The van der Waals surface area contributed by atoms with Gasteiger partial charge in [-0.2, -0.15) is 0 Å². The number of methoxy groups -OCH3 is 2. The first kappa shape index (κ1) is 14.1. The molecule has 1 atom stereocenters. The number of rotatable bonds is 8. The Morgan fingerprint density at radius 2 is 2.24 bits per heavy atom. The van der Waals surface area contributed by atoms with Crippen LogP contribution in [0.1, 0.15) is 17.3 Å². The topological polar surface area (TPSA) is 67.8 Å². The van der Waals surface area contributed by atoms with Crippen LogP contribution in [0.25, 0.3) is 0 Å². The van der Waals surface area contributed by atoms with E-state index < -0.39 is 5.97 Å². The summed E-state index contributed by atoms with van der Waals surface area (Å²) < 4.78 is 10.1. The van der Waals surface area contributed by atoms with Crippen LogP contribution in [0.4, 0.5) is 0 Å². The summed E-state index contributed by atoms with van der Waals surface area (Å²) in [6, 6.07) is 3.61. The number of carboxylic acid groups (broad SMARTS) is 1. The van der Waals surface area contributed by atoms with Gasteiger partial charge in [0.2, 0.25) is 0 Å². The molecule has 0 spiro atoms. The number of aliphatic carboxylic acids is 1. The zero-order valence-corrected chi connectivity index (χ0v) is 10.7. The molecule has 6 heteroatoms. The third kappa shape index (κ3) is 4.82. The highest BCUT2D eigenvalue weighted by Crippen LogP contribution is 2.21. The third-order valence-electron chi connectivity index (χ3n) is 2.32. The molecule has 0 saturated carbocycles. The average Bonchev–Trinajstić information content (AvgIpc) is 2.81. The second-order valence-corrected chi connectivity index (χ2v) is 4.45. The van der Waals surface area contributed by atoms with E-state index in [1.54, 1.807) is 14.2 Å². The first-order valence-electron chi connectivity index (χ1n) is 5.21. The van der Waals surface area contributed by atoms with E-state index in [0.29, 0.717) is 6.54 Å². The highest BCUT2D eigenvalue weighted by molar-refractivity contribution is 7.10. The number of carbonyl (C=O) groups is 1. The van der Waals surface area contributed by atoms with E-state index >= 15 is 0 Å². The van der Waals surface area contributed by atoms with E-state index in [1.807, 2.05) is 17.5 Å². The summed E-state index contributed by atoms with van der Waals surface area (Å²) in [4.78, 5) is 11.8. The van der Waals surface area contributed by atoms with Crippen molar-refractivity contribution in [3.63, 3.8) is 0 Å². The van der Waals surface area contributed by atoms with Gasteiger partial charge in [0.15, 0.2) is 6.29 Å². The Balaban J connectivity index is 2.55. The average molecular weight is 259 g/mol. The fraction of sp³-hybridized carbons (Fsp3) is 0.545. The minimum absolute atomic E-state index is 0.0423. The van der Waals surface area contributed by atoms with E-state index in [-0.39, 0.29) is 18.8 Å². The van der Waals surface area contributed by atoms with Gasteiger partial charge in [0.1, 0.15) is 0 Å². The molecule has 0 aromatic carbocycles. The first-order valence-corrected chi connectivity index (χ1v) is 6.09. The molecule has 0 aliphatic carbocycles. The zero-order chi connectivity index (χ0) is 12.7. The summed E-state index contributed by atoms with van der Waals surface area (Å²) >= 11 is 1.53. The normalized spacial score (nSPS) is 12.9. The van der Waals surface area contributed by atoms with E-state index in [0.717, 1.165) is 4.88 Å². The fourth-order valence-electron chi connectivity index (χ4n) is 1.44. The lowest BCUT2D eigenvalue weighted by molar-refractivity contribution is -0.138. The molecule has 0 radical (unpaired) electrons. The molecule has 5 nitrogen and oxygen atoms in total. The molecule has 1 unspecified atom stereocenters. The third-order valence-corrected chi connectivity index (χ3v) is 3.31. The molecule has 0 fully saturated rings. The number of carboxylic acids is 1. The maximum atomic E-state index is 10.8. The van der Waals surface area contributed by atoms with Crippen molar-refractivity contribution in [3.05, 3.63) is 22.4 Å². The zero-order valence-electron chi connectivity index (χ0n) is 9.88. The number of hydrogen-bond donors (Lipinski definition) is 2. The lowest BCUT2D eigenvalue weighted by Crippen LogP contribution is -2.33. The molecule has 0 aliphatic heterocycles. The smallest absolute Gasteiger partial charge is 0.305 e. The van der Waals surface area contributed by atoms with Crippen LogP contribution < -0.4 is 5.32 Å². The van der Waals surface area contributed by atoms with Gasteiger partial charge in [-0.1, -0.05) is 6.07 Å². The molecule has 17 heavy (non-hydrogen) atoms. The molecule has 1 aromatic heterocycles. The summed E-state index contributed by atoms with van der Waals surface area (Å²) in [6.07, 6.45) is -0.327. The summed E-state index contributed by atoms with van der Waals surface area (Å²) in [5, 5.41) is 13.9. The van der Waals surface area contributed by atoms with Crippen LogP contribution in [0, 0.1) is 0 Å². The van der Waals surface area contributed by atoms with Crippen molar-refractivity contribution in [1.82, 2.24) is 5.32 Å². The lowest BCUT2D eigenvalue weighted by Gasteiger charge is -2.19. The maximum absolute atomic E-state index is 10.8. The molecule has 1 heterocycles. The van der Waals surface area contributed by atoms with Crippen LogP contribution >= 0.6 is 11.3 Å². The Hall–Kier alpha value is -0.950. The van der Waals surface area contributed by atoms with Gasteiger partial charge >= 0.3 is 5.97 Å². The molecule has 1 rings (SSSR count). The number of ether oxygens (including phenoxy) is 2. The molecule has 2 N–H and O–H groups in total. The standard InChI is InChI=1S/C11H17NO4S/c1-15-11(16-2)7-12-8(6-10(13)14)9-4-3-5-17-9/h3-5,8,11-12H,6-7H2,1-2H3,(H,13,14). The quantitative estimate of drug-likeness (QED) is 0.692. The summed E-state index contributed by atoms with van der Waals surface area (Å²) in [5.41, 5.74) is 0. The van der Waals surface area contributed by atoms with E-state index in [9.17, 15) is 4.79 Å². The van der Waals surface area contributed by atoms with E-state index in [2.05, 4.69) is 5.32 Å². The summed E-state index contributed by atoms with van der Waals surface area (Å²) in [7, 11) is 3.10. The van der Waals surface area contributed by atoms with Crippen molar-refractivity contribution in [2.45, 2.75) is 18.8 Å². The molecule has 0 saturated heterocycles. The van der Waals surface area contributed by atoms with Gasteiger partial charge < -0.3 is 19.9 Å². The van der Waals surface area contributed by atoms with Gasteiger partial charge in [-0.25, -0.2) is 0 Å². The SMILES string of the molecule is COC(CNC(CC(=O)O)c1cccs1)OC. The summed E-state index contributed by atoms with van der Waals surface area (Å²) in [5.74, 6) is -0.831. The monoisotopic (exact) mass is 259 g/mol. The van der Waals surface area contributed by atoms with Crippen LogP contribution in [-0.2, 0) is 14.3 Å². The largest absolute Gasteiger partial charge is 0.481 e. The minimum atomic E-state index is -0.831. The Kier molecular flexibility index (Phi) is 6.13. The van der Waals surface area contributed by atoms with E-state index in [1.165, 1.54) is 11.3 Å². The van der Waals surface area contributed by atoms with Crippen molar-refractivity contribution in [2.24, 2.45) is 0 Å². The predicted molar refractivity (Wildman–Crippen MR) is 65.1 cm³/mol. The van der Waals surface area contributed by atoms with Gasteiger partial charge in [0.25, 0.3) is 0 Å². The van der Waals surface area contributed by atoms with Gasteiger partial charge in [-0.3, -0.25) is 4.79 Å². The van der Waals surface area contributed by atoms with Crippen LogP contribution in [0.15, 0.2) is 17.5 Å². The van der Waals surface area contributed by atoms with Crippen LogP contribution in [0.3, 0.4) is 0 Å². The molecular weight excluding hydrogens is 242 g/mol. The highest BCUT2D eigenvalue weighted by atomic mass is 32.1. The summed E-state index contributed by atoms with van der Waals surface area (Å²) in [6.45, 7) is 0.447. The van der Waals surface area contributed by atoms with Crippen molar-refractivity contribution >= 4 is 17.3 Å². The van der Waals surface area contributed by atoms with Gasteiger partial charge in [-0.15, -0.1) is 11.3 Å². The second kappa shape index (κ2) is 7.39. The van der Waals surface area contributed by atoms with Crippen molar-refractivity contribution in [3.8, 4) is 0 Å². The number of hydrogen-bond acceptors (Lipinski definition) is 5. The minimum Gasteiger partial charge on any atom is -0.481 e. The van der Waals surface area contributed by atoms with Gasteiger partial charge in [0.05, 0.1) is 12.5 Å². The Bertz CT molecular complexity index is 324. The van der Waals surface area contributed by atoms with Crippen molar-refractivity contribution in [2.75, 3.05) is 20.8 Å². The molecule has 0 aliphatic rings. The maximum Gasteiger partial charge on any atom is 0.305 e. The Morgan fingerprint density at radius 1 is 1.53 bits per heavy atom. The van der Waals surface area contributed by atoms with Crippen LogP contribution in [0.5, 0.6) is 0 Å². The molecule has 0 amide bonds. The second-order valence-electron chi connectivity index (χ2n) is 3.48. The lowest BCUT2D eigenvalue weighted by atomic mass is 10.1. The molecule has 96 valence electrons. The van der Waals surface area contributed by atoms with Gasteiger partial charge in [0, 0.05) is 25.6 Å². The Morgan fingerprint density at radius 3 is 2.71 bits per heavy atom. The van der Waals surface area contributed by atoms with Crippen molar-refractivity contribution < 1.29 is 19.4 Å².